The Kier molecular flexibility index (Phi) is 3.88. The molecule has 1 aromatic rings. The first-order valence-electron chi connectivity index (χ1n) is 4.49. The summed E-state index contributed by atoms with van der Waals surface area (Å²) in [6.45, 7) is 1.94. The van der Waals surface area contributed by atoms with E-state index in [1.54, 1.807) is 11.6 Å². The van der Waals surface area contributed by atoms with Crippen molar-refractivity contribution in [1.82, 2.24) is 5.48 Å². The number of carbonyl (C=O) groups excluding carboxylic acids is 1. The number of hydroxylamine groups is 1. The number of hydrogen-bond donors (Lipinski definition) is 2. The van der Waals surface area contributed by atoms with E-state index in [-0.39, 0.29) is 0 Å². The van der Waals surface area contributed by atoms with E-state index >= 15 is 0 Å². The van der Waals surface area contributed by atoms with E-state index in [9.17, 15) is 4.79 Å². The lowest BCUT2D eigenvalue weighted by molar-refractivity contribution is -0.123. The molecular formula is C11H13NO2. The normalized spacial score (nSPS) is 11.1. The first-order valence-corrected chi connectivity index (χ1v) is 4.49. The zero-order valence-corrected chi connectivity index (χ0v) is 8.03. The van der Waals surface area contributed by atoms with Crippen molar-refractivity contribution in [2.45, 2.75) is 13.3 Å². The fourth-order valence-corrected chi connectivity index (χ4v) is 1.22. The number of amides is 1. The van der Waals surface area contributed by atoms with Gasteiger partial charge in [0.2, 0.25) is 0 Å². The molecule has 74 valence electrons. The van der Waals surface area contributed by atoms with E-state index in [2.05, 4.69) is 0 Å². The fourth-order valence-electron chi connectivity index (χ4n) is 1.22. The topological polar surface area (TPSA) is 49.3 Å². The molecule has 1 amide bonds. The van der Waals surface area contributed by atoms with Crippen LogP contribution in [0.1, 0.15) is 18.9 Å². The third kappa shape index (κ3) is 2.44. The van der Waals surface area contributed by atoms with Crippen molar-refractivity contribution in [3.8, 4) is 0 Å². The molecule has 0 fully saturated rings. The Morgan fingerprint density at radius 2 is 2.07 bits per heavy atom. The van der Waals surface area contributed by atoms with E-state index in [0.717, 1.165) is 12.0 Å². The molecule has 1 rings (SSSR count). The van der Waals surface area contributed by atoms with E-state index in [1.165, 1.54) is 0 Å². The van der Waals surface area contributed by atoms with Crippen LogP contribution in [0, 0.1) is 0 Å². The maximum Gasteiger partial charge on any atom is 0.274 e. The van der Waals surface area contributed by atoms with Crippen molar-refractivity contribution in [1.29, 1.82) is 0 Å². The van der Waals surface area contributed by atoms with Crippen molar-refractivity contribution in [2.24, 2.45) is 0 Å². The Balaban J connectivity index is 3.02. The van der Waals surface area contributed by atoms with Gasteiger partial charge in [0.1, 0.15) is 0 Å². The van der Waals surface area contributed by atoms with E-state index < -0.39 is 5.91 Å². The third-order valence-corrected chi connectivity index (χ3v) is 1.84. The SMILES string of the molecule is CCC=C(C(=O)NO)c1ccccc1. The van der Waals surface area contributed by atoms with Crippen LogP contribution in [0.4, 0.5) is 0 Å². The lowest BCUT2D eigenvalue weighted by atomic mass is 10.0. The van der Waals surface area contributed by atoms with Crippen molar-refractivity contribution < 1.29 is 10.0 Å². The van der Waals surface area contributed by atoms with E-state index in [4.69, 9.17) is 5.21 Å². The van der Waals surface area contributed by atoms with Gasteiger partial charge in [-0.15, -0.1) is 0 Å². The molecule has 0 aliphatic heterocycles. The van der Waals surface area contributed by atoms with Crippen LogP contribution in [0.3, 0.4) is 0 Å². The second-order valence-corrected chi connectivity index (χ2v) is 2.83. The number of benzene rings is 1. The molecule has 2 N–H and O–H groups in total. The Morgan fingerprint density at radius 3 is 2.57 bits per heavy atom. The van der Waals surface area contributed by atoms with Crippen LogP contribution in [0.25, 0.3) is 5.57 Å². The first-order chi connectivity index (χ1) is 6.79. The quantitative estimate of drug-likeness (QED) is 0.436. The highest BCUT2D eigenvalue weighted by atomic mass is 16.5. The molecule has 0 saturated carbocycles. The number of allylic oxidation sites excluding steroid dienone is 1. The predicted octanol–water partition coefficient (Wildman–Crippen LogP) is 1.99. The Bertz CT molecular complexity index is 330. The molecule has 0 unspecified atom stereocenters. The van der Waals surface area contributed by atoms with Crippen LogP contribution in [-0.2, 0) is 4.79 Å². The molecule has 0 heterocycles. The maximum absolute atomic E-state index is 11.3. The average Bonchev–Trinajstić information content (AvgIpc) is 2.26. The molecule has 0 spiro atoms. The number of hydrogen-bond acceptors (Lipinski definition) is 2. The molecule has 1 aromatic carbocycles. The van der Waals surface area contributed by atoms with Crippen molar-refractivity contribution in [3.05, 3.63) is 42.0 Å². The van der Waals surface area contributed by atoms with Gasteiger partial charge in [0.05, 0.1) is 0 Å². The summed E-state index contributed by atoms with van der Waals surface area (Å²) in [5.41, 5.74) is 2.94. The molecule has 0 aliphatic rings. The highest BCUT2D eigenvalue weighted by Crippen LogP contribution is 2.14. The minimum absolute atomic E-state index is 0.474. The Labute approximate surface area is 83.0 Å². The summed E-state index contributed by atoms with van der Waals surface area (Å²) in [5.74, 6) is -0.474. The lowest BCUT2D eigenvalue weighted by Crippen LogP contribution is -2.19. The summed E-state index contributed by atoms with van der Waals surface area (Å²) in [7, 11) is 0. The van der Waals surface area contributed by atoms with Crippen LogP contribution in [-0.4, -0.2) is 11.1 Å². The summed E-state index contributed by atoms with van der Waals surface area (Å²) >= 11 is 0. The monoisotopic (exact) mass is 191 g/mol. The largest absolute Gasteiger partial charge is 0.288 e. The van der Waals surface area contributed by atoms with Gasteiger partial charge in [-0.3, -0.25) is 10.0 Å². The molecule has 0 radical (unpaired) electrons. The number of nitrogens with one attached hydrogen (secondary N) is 1. The van der Waals surface area contributed by atoms with Crippen LogP contribution >= 0.6 is 0 Å². The zero-order valence-electron chi connectivity index (χ0n) is 8.03. The van der Waals surface area contributed by atoms with E-state index in [0.29, 0.717) is 5.57 Å². The smallest absolute Gasteiger partial charge is 0.274 e. The summed E-state index contributed by atoms with van der Waals surface area (Å²) < 4.78 is 0. The van der Waals surface area contributed by atoms with Crippen molar-refractivity contribution in [2.75, 3.05) is 0 Å². The number of carbonyl (C=O) groups is 1. The molecule has 0 saturated heterocycles. The molecule has 0 aromatic heterocycles. The molecule has 0 bridgehead atoms. The second kappa shape index (κ2) is 5.19. The molecule has 0 atom stereocenters. The van der Waals surface area contributed by atoms with Gasteiger partial charge in [-0.2, -0.15) is 0 Å². The van der Waals surface area contributed by atoms with Crippen molar-refractivity contribution in [3.63, 3.8) is 0 Å². The molecule has 14 heavy (non-hydrogen) atoms. The Hall–Kier alpha value is -1.61. The van der Waals surface area contributed by atoms with Gasteiger partial charge >= 0.3 is 0 Å². The third-order valence-electron chi connectivity index (χ3n) is 1.84. The number of rotatable bonds is 3. The summed E-state index contributed by atoms with van der Waals surface area (Å²) in [6.07, 6.45) is 2.53. The highest BCUT2D eigenvalue weighted by Gasteiger charge is 2.08. The molecule has 3 nitrogen and oxygen atoms in total. The van der Waals surface area contributed by atoms with Gasteiger partial charge in [-0.1, -0.05) is 43.3 Å². The first kappa shape index (κ1) is 10.5. The van der Waals surface area contributed by atoms with Crippen molar-refractivity contribution >= 4 is 11.5 Å². The fraction of sp³-hybridized carbons (Fsp3) is 0.182. The summed E-state index contributed by atoms with van der Waals surface area (Å²) in [6, 6.07) is 9.24. The zero-order chi connectivity index (χ0) is 10.4. The van der Waals surface area contributed by atoms with Gasteiger partial charge in [-0.05, 0) is 12.0 Å². The Morgan fingerprint density at radius 1 is 1.43 bits per heavy atom. The van der Waals surface area contributed by atoms with Crippen LogP contribution in [0.5, 0.6) is 0 Å². The van der Waals surface area contributed by atoms with Crippen LogP contribution in [0.2, 0.25) is 0 Å². The predicted molar refractivity (Wildman–Crippen MR) is 54.6 cm³/mol. The van der Waals surface area contributed by atoms with Gasteiger partial charge in [0.25, 0.3) is 5.91 Å². The second-order valence-electron chi connectivity index (χ2n) is 2.83. The van der Waals surface area contributed by atoms with Gasteiger partial charge in [0, 0.05) is 5.57 Å². The standard InChI is InChI=1S/C11H13NO2/c1-2-6-10(11(13)12-14)9-7-4-3-5-8-9/h3-8,14H,2H2,1H3,(H,12,13). The summed E-state index contributed by atoms with van der Waals surface area (Å²) in [4.78, 5) is 11.3. The van der Waals surface area contributed by atoms with Gasteiger partial charge in [-0.25, -0.2) is 5.48 Å². The minimum Gasteiger partial charge on any atom is -0.288 e. The van der Waals surface area contributed by atoms with Crippen LogP contribution in [0.15, 0.2) is 36.4 Å². The molecule has 3 heteroatoms. The summed E-state index contributed by atoms with van der Waals surface area (Å²) in [5, 5.41) is 8.55. The molecular weight excluding hydrogens is 178 g/mol. The van der Waals surface area contributed by atoms with Gasteiger partial charge in [0.15, 0.2) is 0 Å². The lowest BCUT2D eigenvalue weighted by Gasteiger charge is -2.04. The van der Waals surface area contributed by atoms with Gasteiger partial charge < -0.3 is 0 Å². The highest BCUT2D eigenvalue weighted by molar-refractivity contribution is 6.18. The minimum atomic E-state index is -0.474. The molecule has 0 aliphatic carbocycles. The average molecular weight is 191 g/mol. The maximum atomic E-state index is 11.3. The van der Waals surface area contributed by atoms with E-state index in [1.807, 2.05) is 37.3 Å². The van der Waals surface area contributed by atoms with Crippen LogP contribution < -0.4 is 5.48 Å².